The molecule has 1 N–H and O–H groups in total. The second-order valence-electron chi connectivity index (χ2n) is 7.54. The lowest BCUT2D eigenvalue weighted by Crippen LogP contribution is -2.36. The molecule has 2 heterocycles. The molecule has 1 aliphatic heterocycles. The van der Waals surface area contributed by atoms with E-state index in [0.717, 1.165) is 24.2 Å². The number of nitrogens with zero attached hydrogens (tertiary/aromatic N) is 3. The number of amides is 1. The molecule has 4 rings (SSSR count). The van der Waals surface area contributed by atoms with Crippen LogP contribution >= 0.6 is 0 Å². The highest BCUT2D eigenvalue weighted by atomic mass is 16.5. The van der Waals surface area contributed by atoms with Crippen LogP contribution < -0.4 is 5.32 Å². The number of nitrogens with one attached hydrogen (secondary N) is 1. The standard InChI is InChI=1S/C25H26N4O3/c1-2-32-25(31)22-10-6-7-11-23(22)27-24(30)18-28-14-12-19(13-15-28)20-16-26-29(17-20)21-8-4-3-5-9-21/h3-12,16-17H,2,13-15,18H2,1H3,(H,27,30). The summed E-state index contributed by atoms with van der Waals surface area (Å²) in [5.41, 5.74) is 4.19. The van der Waals surface area contributed by atoms with Crippen LogP contribution in [0.15, 0.2) is 73.1 Å². The molecule has 1 aromatic heterocycles. The van der Waals surface area contributed by atoms with Crippen molar-refractivity contribution in [2.24, 2.45) is 0 Å². The Morgan fingerprint density at radius 3 is 2.62 bits per heavy atom. The van der Waals surface area contributed by atoms with Crippen molar-refractivity contribution in [3.63, 3.8) is 0 Å². The molecule has 0 saturated carbocycles. The second kappa shape index (κ2) is 10.1. The number of para-hydroxylation sites is 2. The maximum absolute atomic E-state index is 12.6. The van der Waals surface area contributed by atoms with Crippen LogP contribution in [0.2, 0.25) is 0 Å². The summed E-state index contributed by atoms with van der Waals surface area (Å²) in [5.74, 6) is -0.597. The van der Waals surface area contributed by atoms with Crippen LogP contribution in [0, 0.1) is 0 Å². The topological polar surface area (TPSA) is 76.5 Å². The van der Waals surface area contributed by atoms with Gasteiger partial charge in [-0.1, -0.05) is 36.4 Å². The van der Waals surface area contributed by atoms with Gasteiger partial charge in [-0.05, 0) is 43.2 Å². The summed E-state index contributed by atoms with van der Waals surface area (Å²) < 4.78 is 6.94. The van der Waals surface area contributed by atoms with Gasteiger partial charge in [0.15, 0.2) is 0 Å². The van der Waals surface area contributed by atoms with Gasteiger partial charge in [0.25, 0.3) is 0 Å². The molecule has 0 bridgehead atoms. The van der Waals surface area contributed by atoms with E-state index in [4.69, 9.17) is 4.74 Å². The molecule has 2 aromatic carbocycles. The number of carbonyl (C=O) groups is 2. The Bertz CT molecular complexity index is 1120. The van der Waals surface area contributed by atoms with Gasteiger partial charge in [-0.25, -0.2) is 9.48 Å². The largest absolute Gasteiger partial charge is 0.462 e. The van der Waals surface area contributed by atoms with Crippen LogP contribution in [0.4, 0.5) is 5.69 Å². The lowest BCUT2D eigenvalue weighted by molar-refractivity contribution is -0.117. The fourth-order valence-electron chi connectivity index (χ4n) is 3.70. The Kier molecular flexibility index (Phi) is 6.77. The van der Waals surface area contributed by atoms with Crippen molar-refractivity contribution in [3.8, 4) is 5.69 Å². The van der Waals surface area contributed by atoms with Gasteiger partial charge in [-0.15, -0.1) is 0 Å². The third kappa shape index (κ3) is 5.12. The molecule has 0 spiro atoms. The lowest BCUT2D eigenvalue weighted by Gasteiger charge is -2.25. The molecule has 1 amide bonds. The molecule has 32 heavy (non-hydrogen) atoms. The van der Waals surface area contributed by atoms with E-state index in [1.165, 1.54) is 5.57 Å². The van der Waals surface area contributed by atoms with Crippen molar-refractivity contribution >= 4 is 23.1 Å². The maximum atomic E-state index is 12.6. The summed E-state index contributed by atoms with van der Waals surface area (Å²) in [4.78, 5) is 26.8. The number of aromatic nitrogens is 2. The molecule has 0 fully saturated rings. The summed E-state index contributed by atoms with van der Waals surface area (Å²) in [6.45, 7) is 3.75. The Balaban J connectivity index is 1.35. The zero-order valence-corrected chi connectivity index (χ0v) is 18.0. The van der Waals surface area contributed by atoms with Gasteiger partial charge >= 0.3 is 5.97 Å². The van der Waals surface area contributed by atoms with Gasteiger partial charge in [0.2, 0.25) is 5.91 Å². The quantitative estimate of drug-likeness (QED) is 0.578. The van der Waals surface area contributed by atoms with Crippen LogP contribution in [0.1, 0.15) is 29.3 Å². The second-order valence-corrected chi connectivity index (χ2v) is 7.54. The highest BCUT2D eigenvalue weighted by Crippen LogP contribution is 2.23. The number of benzene rings is 2. The highest BCUT2D eigenvalue weighted by molar-refractivity contribution is 6.01. The smallest absolute Gasteiger partial charge is 0.340 e. The Labute approximate surface area is 187 Å². The zero-order valence-electron chi connectivity index (χ0n) is 18.0. The normalized spacial score (nSPS) is 14.0. The first kappa shape index (κ1) is 21.5. The number of ether oxygens (including phenoxy) is 1. The predicted molar refractivity (Wildman–Crippen MR) is 124 cm³/mol. The number of anilines is 1. The number of hydrogen-bond donors (Lipinski definition) is 1. The van der Waals surface area contributed by atoms with Crippen LogP contribution in [-0.2, 0) is 9.53 Å². The van der Waals surface area contributed by atoms with Gasteiger partial charge in [0.1, 0.15) is 0 Å². The van der Waals surface area contributed by atoms with Gasteiger partial charge in [-0.2, -0.15) is 5.10 Å². The molecule has 0 aliphatic carbocycles. The van der Waals surface area contributed by atoms with Crippen LogP contribution in [-0.4, -0.2) is 52.8 Å². The first-order chi connectivity index (χ1) is 15.6. The van der Waals surface area contributed by atoms with Crippen molar-refractivity contribution in [1.82, 2.24) is 14.7 Å². The van der Waals surface area contributed by atoms with E-state index < -0.39 is 5.97 Å². The molecular weight excluding hydrogens is 404 g/mol. The van der Waals surface area contributed by atoms with E-state index in [2.05, 4.69) is 21.4 Å². The minimum atomic E-state index is -0.440. The summed E-state index contributed by atoms with van der Waals surface area (Å²) in [6.07, 6.45) is 6.91. The summed E-state index contributed by atoms with van der Waals surface area (Å²) in [5, 5.41) is 7.32. The van der Waals surface area contributed by atoms with Gasteiger partial charge in [0, 0.05) is 24.8 Å². The van der Waals surface area contributed by atoms with E-state index >= 15 is 0 Å². The first-order valence-corrected chi connectivity index (χ1v) is 10.7. The average Bonchev–Trinajstić information content (AvgIpc) is 3.31. The first-order valence-electron chi connectivity index (χ1n) is 10.7. The van der Waals surface area contributed by atoms with Gasteiger partial charge in [0.05, 0.1) is 36.3 Å². The fraction of sp³-hybridized carbons (Fsp3) is 0.240. The average molecular weight is 431 g/mol. The molecule has 0 radical (unpaired) electrons. The highest BCUT2D eigenvalue weighted by Gasteiger charge is 2.19. The molecule has 164 valence electrons. The number of rotatable bonds is 7. The zero-order chi connectivity index (χ0) is 22.3. The summed E-state index contributed by atoms with van der Waals surface area (Å²) in [7, 11) is 0. The van der Waals surface area contributed by atoms with Crippen molar-refractivity contribution in [3.05, 3.63) is 84.2 Å². The molecule has 7 heteroatoms. The van der Waals surface area contributed by atoms with E-state index in [0.29, 0.717) is 17.8 Å². The van der Waals surface area contributed by atoms with E-state index in [9.17, 15) is 9.59 Å². The van der Waals surface area contributed by atoms with Crippen molar-refractivity contribution < 1.29 is 14.3 Å². The van der Waals surface area contributed by atoms with E-state index in [-0.39, 0.29) is 19.1 Å². The van der Waals surface area contributed by atoms with E-state index in [1.54, 1.807) is 31.2 Å². The van der Waals surface area contributed by atoms with Crippen LogP contribution in [0.5, 0.6) is 0 Å². The Morgan fingerprint density at radius 2 is 1.88 bits per heavy atom. The summed E-state index contributed by atoms with van der Waals surface area (Å²) in [6, 6.07) is 16.9. The molecule has 1 aliphatic rings. The molecular formula is C25H26N4O3. The number of hydrogen-bond acceptors (Lipinski definition) is 5. The van der Waals surface area contributed by atoms with Gasteiger partial charge < -0.3 is 10.1 Å². The molecule has 0 unspecified atom stereocenters. The minimum Gasteiger partial charge on any atom is -0.462 e. The lowest BCUT2D eigenvalue weighted by atomic mass is 10.0. The molecule has 0 atom stereocenters. The number of carbonyl (C=O) groups excluding carboxylic acids is 2. The number of esters is 1. The maximum Gasteiger partial charge on any atom is 0.340 e. The fourth-order valence-corrected chi connectivity index (χ4v) is 3.70. The third-order valence-corrected chi connectivity index (χ3v) is 5.33. The Hall–Kier alpha value is -3.71. The monoisotopic (exact) mass is 430 g/mol. The minimum absolute atomic E-state index is 0.157. The predicted octanol–water partition coefficient (Wildman–Crippen LogP) is 3.78. The summed E-state index contributed by atoms with van der Waals surface area (Å²) >= 11 is 0. The van der Waals surface area contributed by atoms with Crippen LogP contribution in [0.25, 0.3) is 11.3 Å². The molecule has 3 aromatic rings. The van der Waals surface area contributed by atoms with Crippen molar-refractivity contribution in [1.29, 1.82) is 0 Å². The molecule has 7 nitrogen and oxygen atoms in total. The SMILES string of the molecule is CCOC(=O)c1ccccc1NC(=O)CN1CC=C(c2cnn(-c3ccccc3)c2)CC1. The van der Waals surface area contributed by atoms with Gasteiger partial charge in [-0.3, -0.25) is 9.69 Å². The Morgan fingerprint density at radius 1 is 1.09 bits per heavy atom. The third-order valence-electron chi connectivity index (χ3n) is 5.33. The van der Waals surface area contributed by atoms with Crippen LogP contribution in [0.3, 0.4) is 0 Å². The van der Waals surface area contributed by atoms with Crippen molar-refractivity contribution in [2.45, 2.75) is 13.3 Å². The van der Waals surface area contributed by atoms with Crippen molar-refractivity contribution in [2.75, 3.05) is 31.6 Å². The molecule has 0 saturated heterocycles. The van der Waals surface area contributed by atoms with E-state index in [1.807, 2.05) is 47.4 Å².